The minimum absolute atomic E-state index is 0. The highest BCUT2D eigenvalue weighted by Crippen LogP contribution is 2.12. The molecule has 0 aliphatic rings. The van der Waals surface area contributed by atoms with Gasteiger partial charge in [-0.05, 0) is 32.0 Å². The molecule has 0 saturated heterocycles. The molecule has 0 amide bonds. The molecule has 1 aromatic heterocycles. The Morgan fingerprint density at radius 3 is 2.83 bits per heavy atom. The first-order valence-electron chi connectivity index (χ1n) is 7.24. The highest BCUT2D eigenvalue weighted by Gasteiger charge is 2.05. The number of guanidine groups is 1. The zero-order valence-electron chi connectivity index (χ0n) is 13.5. The van der Waals surface area contributed by atoms with E-state index in [9.17, 15) is 4.39 Å². The molecule has 128 valence electrons. The van der Waals surface area contributed by atoms with Crippen molar-refractivity contribution in [3.8, 4) is 6.07 Å². The van der Waals surface area contributed by atoms with Gasteiger partial charge >= 0.3 is 0 Å². The number of hydrogen-bond donors (Lipinski definition) is 2. The Bertz CT molecular complexity index is 738. The van der Waals surface area contributed by atoms with Gasteiger partial charge in [0.15, 0.2) is 5.96 Å². The second-order valence-corrected chi connectivity index (χ2v) is 6.15. The second kappa shape index (κ2) is 10.2. The van der Waals surface area contributed by atoms with Crippen molar-refractivity contribution in [2.75, 3.05) is 6.54 Å². The third-order valence-corrected chi connectivity index (χ3v) is 3.92. The van der Waals surface area contributed by atoms with E-state index in [2.05, 4.69) is 20.6 Å². The molecule has 0 saturated carbocycles. The largest absolute Gasteiger partial charge is 0.357 e. The third-order valence-electron chi connectivity index (χ3n) is 3.00. The lowest BCUT2D eigenvalue weighted by atomic mass is 10.1. The van der Waals surface area contributed by atoms with Crippen molar-refractivity contribution in [2.24, 2.45) is 4.99 Å². The quantitative estimate of drug-likeness (QED) is 0.409. The molecule has 0 radical (unpaired) electrons. The molecule has 0 atom stereocenters. The summed E-state index contributed by atoms with van der Waals surface area (Å²) in [5.41, 5.74) is 0.819. The number of aromatic nitrogens is 1. The minimum atomic E-state index is -0.362. The van der Waals surface area contributed by atoms with Gasteiger partial charge in [0.25, 0.3) is 0 Å². The molecule has 24 heavy (non-hydrogen) atoms. The van der Waals surface area contributed by atoms with Gasteiger partial charge in [-0.15, -0.1) is 35.3 Å². The number of nitrogens with zero attached hydrogens (tertiary/aromatic N) is 3. The monoisotopic (exact) mass is 459 g/mol. The van der Waals surface area contributed by atoms with Crippen molar-refractivity contribution >= 4 is 41.3 Å². The van der Waals surface area contributed by atoms with Crippen molar-refractivity contribution in [3.05, 3.63) is 51.2 Å². The van der Waals surface area contributed by atoms with E-state index in [1.807, 2.05) is 26.1 Å². The van der Waals surface area contributed by atoms with E-state index in [-0.39, 0.29) is 36.3 Å². The van der Waals surface area contributed by atoms with Gasteiger partial charge in [0.2, 0.25) is 0 Å². The lowest BCUT2D eigenvalue weighted by Gasteiger charge is -2.10. The van der Waals surface area contributed by atoms with Crippen LogP contribution in [0.25, 0.3) is 0 Å². The van der Waals surface area contributed by atoms with Crippen LogP contribution < -0.4 is 10.6 Å². The molecule has 0 aliphatic heterocycles. The molecule has 0 unspecified atom stereocenters. The highest BCUT2D eigenvalue weighted by molar-refractivity contribution is 14.0. The predicted octanol–water partition coefficient (Wildman–Crippen LogP) is 3.34. The van der Waals surface area contributed by atoms with Crippen molar-refractivity contribution in [1.29, 1.82) is 5.26 Å². The Morgan fingerprint density at radius 2 is 2.21 bits per heavy atom. The molecular formula is C16H19FIN5S. The summed E-state index contributed by atoms with van der Waals surface area (Å²) >= 11 is 1.62. The SMILES string of the molecule is CCNC(=NCc1cc(C#N)ccc1F)NCc1ncc(C)s1.I. The summed E-state index contributed by atoms with van der Waals surface area (Å²) < 4.78 is 13.8. The zero-order chi connectivity index (χ0) is 16.7. The van der Waals surface area contributed by atoms with E-state index < -0.39 is 0 Å². The van der Waals surface area contributed by atoms with Crippen LogP contribution in [-0.2, 0) is 13.1 Å². The Balaban J connectivity index is 0.00000288. The summed E-state index contributed by atoms with van der Waals surface area (Å²) in [4.78, 5) is 9.80. The average molecular weight is 459 g/mol. The first-order valence-corrected chi connectivity index (χ1v) is 8.06. The number of hydrogen-bond acceptors (Lipinski definition) is 4. The summed E-state index contributed by atoms with van der Waals surface area (Å²) in [6, 6.07) is 6.27. The third kappa shape index (κ3) is 6.05. The normalized spacial score (nSPS) is 10.7. The molecule has 0 spiro atoms. The van der Waals surface area contributed by atoms with Gasteiger partial charge in [0.05, 0.1) is 24.7 Å². The first-order chi connectivity index (χ1) is 11.1. The number of rotatable bonds is 5. The fourth-order valence-corrected chi connectivity index (χ4v) is 2.64. The van der Waals surface area contributed by atoms with Gasteiger partial charge in [-0.1, -0.05) is 0 Å². The van der Waals surface area contributed by atoms with Crippen LogP contribution in [0.5, 0.6) is 0 Å². The molecule has 2 rings (SSSR count). The van der Waals surface area contributed by atoms with Gasteiger partial charge < -0.3 is 10.6 Å². The summed E-state index contributed by atoms with van der Waals surface area (Å²) in [5, 5.41) is 16.1. The molecule has 0 fully saturated rings. The summed E-state index contributed by atoms with van der Waals surface area (Å²) in [6.07, 6.45) is 1.83. The Hall–Kier alpha value is -1.73. The summed E-state index contributed by atoms with van der Waals surface area (Å²) in [5.74, 6) is 0.223. The Kier molecular flexibility index (Phi) is 8.63. The topological polar surface area (TPSA) is 73.1 Å². The molecule has 2 N–H and O–H groups in total. The van der Waals surface area contributed by atoms with Crippen LogP contribution >= 0.6 is 35.3 Å². The number of nitrogens with one attached hydrogen (secondary N) is 2. The van der Waals surface area contributed by atoms with Gasteiger partial charge in [-0.3, -0.25) is 0 Å². The van der Waals surface area contributed by atoms with E-state index in [1.54, 1.807) is 11.3 Å². The van der Waals surface area contributed by atoms with Crippen LogP contribution in [-0.4, -0.2) is 17.5 Å². The molecule has 1 aromatic carbocycles. The first kappa shape index (κ1) is 20.3. The van der Waals surface area contributed by atoms with E-state index in [0.29, 0.717) is 30.2 Å². The molecule has 5 nitrogen and oxygen atoms in total. The van der Waals surface area contributed by atoms with Gasteiger partial charge in [-0.25, -0.2) is 14.4 Å². The van der Waals surface area contributed by atoms with Gasteiger partial charge in [0.1, 0.15) is 10.8 Å². The number of halogens is 2. The van der Waals surface area contributed by atoms with Crippen molar-refractivity contribution in [2.45, 2.75) is 26.9 Å². The molecule has 8 heteroatoms. The van der Waals surface area contributed by atoms with Crippen molar-refractivity contribution in [1.82, 2.24) is 15.6 Å². The van der Waals surface area contributed by atoms with E-state index in [0.717, 1.165) is 9.88 Å². The van der Waals surface area contributed by atoms with Crippen LogP contribution in [0, 0.1) is 24.1 Å². The Labute approximate surface area is 162 Å². The van der Waals surface area contributed by atoms with Gasteiger partial charge in [0, 0.05) is 23.2 Å². The minimum Gasteiger partial charge on any atom is -0.357 e. The predicted molar refractivity (Wildman–Crippen MR) is 105 cm³/mol. The Morgan fingerprint density at radius 1 is 1.42 bits per heavy atom. The molecular weight excluding hydrogens is 440 g/mol. The van der Waals surface area contributed by atoms with E-state index in [4.69, 9.17) is 5.26 Å². The number of aryl methyl sites for hydroxylation is 1. The fourth-order valence-electron chi connectivity index (χ4n) is 1.91. The van der Waals surface area contributed by atoms with Crippen molar-refractivity contribution < 1.29 is 4.39 Å². The lowest BCUT2D eigenvalue weighted by molar-refractivity contribution is 0.610. The van der Waals surface area contributed by atoms with Crippen LogP contribution in [0.3, 0.4) is 0 Å². The van der Waals surface area contributed by atoms with E-state index >= 15 is 0 Å². The number of benzene rings is 1. The number of nitriles is 1. The van der Waals surface area contributed by atoms with E-state index in [1.165, 1.54) is 18.2 Å². The maximum absolute atomic E-state index is 13.8. The van der Waals surface area contributed by atoms with Crippen LogP contribution in [0.15, 0.2) is 29.4 Å². The zero-order valence-corrected chi connectivity index (χ0v) is 16.6. The standard InChI is InChI=1S/C16H18FN5S.HI/c1-3-19-16(22-10-15-20-8-11(2)23-15)21-9-13-6-12(7-18)4-5-14(13)17;/h4-6,8H,3,9-10H2,1-2H3,(H2,19,21,22);1H. The smallest absolute Gasteiger partial charge is 0.191 e. The van der Waals surface area contributed by atoms with Crippen LogP contribution in [0.2, 0.25) is 0 Å². The van der Waals surface area contributed by atoms with Crippen molar-refractivity contribution in [3.63, 3.8) is 0 Å². The maximum atomic E-state index is 13.8. The van der Waals surface area contributed by atoms with Crippen LogP contribution in [0.1, 0.15) is 27.9 Å². The average Bonchev–Trinajstić information content (AvgIpc) is 2.97. The summed E-state index contributed by atoms with van der Waals surface area (Å²) in [7, 11) is 0. The number of aliphatic imine (C=N–C) groups is 1. The molecule has 2 aromatic rings. The maximum Gasteiger partial charge on any atom is 0.191 e. The molecule has 0 bridgehead atoms. The van der Waals surface area contributed by atoms with Crippen LogP contribution in [0.4, 0.5) is 4.39 Å². The highest BCUT2D eigenvalue weighted by atomic mass is 127. The fraction of sp³-hybridized carbons (Fsp3) is 0.312. The lowest BCUT2D eigenvalue weighted by Crippen LogP contribution is -2.36. The number of thiazole rings is 1. The second-order valence-electron chi connectivity index (χ2n) is 4.83. The van der Waals surface area contributed by atoms with Gasteiger partial charge in [-0.2, -0.15) is 5.26 Å². The summed E-state index contributed by atoms with van der Waals surface area (Å²) in [6.45, 7) is 5.38. The molecule has 0 aliphatic carbocycles. The molecule has 1 heterocycles.